The van der Waals surface area contributed by atoms with Crippen LogP contribution in [-0.4, -0.2) is 22.2 Å². The zero-order valence-corrected chi connectivity index (χ0v) is 10.7. The number of carboxylic acid groups (broad SMARTS) is 1. The first-order valence-electron chi connectivity index (χ1n) is 5.44. The molecule has 94 valence electrons. The minimum absolute atomic E-state index is 0.424. The first-order valence-corrected chi connectivity index (χ1v) is 5.82. The average molecular weight is 266 g/mol. The van der Waals surface area contributed by atoms with Gasteiger partial charge in [-0.05, 0) is 37.6 Å². The van der Waals surface area contributed by atoms with Crippen LogP contribution in [0.5, 0.6) is 5.75 Å². The van der Waals surface area contributed by atoms with Crippen molar-refractivity contribution in [2.75, 3.05) is 0 Å². The van der Waals surface area contributed by atoms with Gasteiger partial charge in [-0.2, -0.15) is 0 Å². The van der Waals surface area contributed by atoms with Crippen molar-refractivity contribution >= 4 is 28.5 Å². The Hall–Kier alpha value is -1.81. The number of carbonyl (C=O) groups is 1. The molecule has 1 heterocycles. The van der Waals surface area contributed by atoms with Gasteiger partial charge < -0.3 is 9.84 Å². The first-order chi connectivity index (χ1) is 8.50. The summed E-state index contributed by atoms with van der Waals surface area (Å²) in [4.78, 5) is 15.0. The zero-order chi connectivity index (χ0) is 13.3. The predicted octanol–water partition coefficient (Wildman–Crippen LogP) is 3.05. The summed E-state index contributed by atoms with van der Waals surface area (Å²) >= 11 is 6.12. The molecule has 0 saturated heterocycles. The van der Waals surface area contributed by atoms with Crippen molar-refractivity contribution in [3.8, 4) is 5.75 Å². The van der Waals surface area contributed by atoms with Crippen molar-refractivity contribution in [2.24, 2.45) is 0 Å². The number of rotatable bonds is 3. The summed E-state index contributed by atoms with van der Waals surface area (Å²) < 4.78 is 5.38. The lowest BCUT2D eigenvalue weighted by Crippen LogP contribution is -2.23. The van der Waals surface area contributed by atoms with Crippen LogP contribution in [0.3, 0.4) is 0 Å². The molecule has 0 amide bonds. The van der Waals surface area contributed by atoms with Crippen molar-refractivity contribution in [2.45, 2.75) is 20.0 Å². The van der Waals surface area contributed by atoms with Crippen LogP contribution >= 0.6 is 11.6 Å². The van der Waals surface area contributed by atoms with Crippen molar-refractivity contribution in [3.05, 3.63) is 35.0 Å². The molecule has 0 saturated carbocycles. The molecule has 5 heteroatoms. The molecule has 0 fully saturated rings. The first kappa shape index (κ1) is 12.6. The molecule has 0 spiro atoms. The van der Waals surface area contributed by atoms with Gasteiger partial charge in [0.25, 0.3) is 0 Å². The van der Waals surface area contributed by atoms with Gasteiger partial charge in [0.15, 0.2) is 6.10 Å². The zero-order valence-electron chi connectivity index (χ0n) is 9.98. The highest BCUT2D eigenvalue weighted by atomic mass is 35.5. The van der Waals surface area contributed by atoms with Gasteiger partial charge in [-0.3, -0.25) is 4.98 Å². The third-order valence-electron chi connectivity index (χ3n) is 2.66. The summed E-state index contributed by atoms with van der Waals surface area (Å²) in [6.45, 7) is 3.39. The van der Waals surface area contributed by atoms with E-state index in [9.17, 15) is 4.79 Å². The molecule has 2 rings (SSSR count). The summed E-state index contributed by atoms with van der Waals surface area (Å²) in [6, 6.07) is 5.16. The van der Waals surface area contributed by atoms with Gasteiger partial charge in [0.05, 0.1) is 5.02 Å². The highest BCUT2D eigenvalue weighted by Crippen LogP contribution is 2.32. The van der Waals surface area contributed by atoms with E-state index in [4.69, 9.17) is 21.4 Å². The molecule has 4 nitrogen and oxygen atoms in total. The van der Waals surface area contributed by atoms with Gasteiger partial charge in [0, 0.05) is 11.6 Å². The van der Waals surface area contributed by atoms with Crippen LogP contribution in [0.4, 0.5) is 0 Å². The Morgan fingerprint density at radius 3 is 2.83 bits per heavy atom. The van der Waals surface area contributed by atoms with Gasteiger partial charge in [0.2, 0.25) is 0 Å². The lowest BCUT2D eigenvalue weighted by atomic mass is 10.1. The van der Waals surface area contributed by atoms with Gasteiger partial charge >= 0.3 is 5.97 Å². The van der Waals surface area contributed by atoms with E-state index >= 15 is 0 Å². The normalized spacial score (nSPS) is 12.4. The lowest BCUT2D eigenvalue weighted by molar-refractivity contribution is -0.144. The number of carboxylic acids is 1. The number of hydrogen-bond acceptors (Lipinski definition) is 3. The Kier molecular flexibility index (Phi) is 3.39. The number of nitrogens with zero attached hydrogens (tertiary/aromatic N) is 1. The number of aromatic nitrogens is 1. The van der Waals surface area contributed by atoms with Gasteiger partial charge in [0.1, 0.15) is 11.3 Å². The minimum atomic E-state index is -1.02. The summed E-state index contributed by atoms with van der Waals surface area (Å²) in [7, 11) is 0. The molecule has 1 N–H and O–H groups in total. The molecule has 0 radical (unpaired) electrons. The van der Waals surface area contributed by atoms with Gasteiger partial charge in [-0.1, -0.05) is 11.6 Å². The van der Waals surface area contributed by atoms with Crippen LogP contribution in [-0.2, 0) is 4.79 Å². The minimum Gasteiger partial charge on any atom is -0.479 e. The number of fused-ring (bicyclic) bond motifs is 1. The summed E-state index contributed by atoms with van der Waals surface area (Å²) in [5, 5.41) is 10.2. The second-order valence-corrected chi connectivity index (χ2v) is 4.40. The van der Waals surface area contributed by atoms with Crippen LogP contribution in [0, 0.1) is 6.92 Å². The molecule has 1 aromatic heterocycles. The van der Waals surface area contributed by atoms with E-state index < -0.39 is 12.1 Å². The standard InChI is InChI=1S/C13H12ClNO3/c1-7-5-6-15-12-10(18-8(2)13(16)17)4-3-9(14)11(7)12/h3-6,8H,1-2H3,(H,16,17). The van der Waals surface area contributed by atoms with Crippen molar-refractivity contribution in [1.29, 1.82) is 0 Å². The number of aliphatic carboxylic acids is 1. The second kappa shape index (κ2) is 4.82. The fourth-order valence-corrected chi connectivity index (χ4v) is 2.00. The molecule has 2 aromatic rings. The third-order valence-corrected chi connectivity index (χ3v) is 2.98. The van der Waals surface area contributed by atoms with Gasteiger partial charge in [-0.15, -0.1) is 0 Å². The summed E-state index contributed by atoms with van der Waals surface area (Å²) in [5.74, 6) is -0.598. The SMILES string of the molecule is Cc1ccnc2c(OC(C)C(=O)O)ccc(Cl)c12. The quantitative estimate of drug-likeness (QED) is 0.927. The Balaban J connectivity index is 2.56. The highest BCUT2D eigenvalue weighted by Gasteiger charge is 2.16. The molecule has 0 bridgehead atoms. The molecule has 1 atom stereocenters. The fraction of sp³-hybridized carbons (Fsp3) is 0.231. The second-order valence-electron chi connectivity index (χ2n) is 4.00. The number of hydrogen-bond donors (Lipinski definition) is 1. The Morgan fingerprint density at radius 2 is 2.17 bits per heavy atom. The molecule has 1 aromatic carbocycles. The summed E-state index contributed by atoms with van der Waals surface area (Å²) in [5.41, 5.74) is 1.55. The largest absolute Gasteiger partial charge is 0.479 e. The van der Waals surface area contributed by atoms with Crippen molar-refractivity contribution in [3.63, 3.8) is 0 Å². The highest BCUT2D eigenvalue weighted by molar-refractivity contribution is 6.35. The number of pyridine rings is 1. The fourth-order valence-electron chi connectivity index (χ4n) is 1.69. The van der Waals surface area contributed by atoms with E-state index in [0.717, 1.165) is 10.9 Å². The average Bonchev–Trinajstić information content (AvgIpc) is 2.32. The van der Waals surface area contributed by atoms with E-state index in [0.29, 0.717) is 16.3 Å². The summed E-state index contributed by atoms with van der Waals surface area (Å²) in [6.07, 6.45) is 0.712. The molecular weight excluding hydrogens is 254 g/mol. The monoisotopic (exact) mass is 265 g/mol. The lowest BCUT2D eigenvalue weighted by Gasteiger charge is -2.13. The van der Waals surface area contributed by atoms with Crippen LogP contribution in [0.15, 0.2) is 24.4 Å². The maximum absolute atomic E-state index is 10.8. The molecule has 0 aliphatic heterocycles. The number of ether oxygens (including phenoxy) is 1. The van der Waals surface area contributed by atoms with E-state index in [1.54, 1.807) is 18.3 Å². The predicted molar refractivity (Wildman–Crippen MR) is 69.2 cm³/mol. The smallest absolute Gasteiger partial charge is 0.344 e. The van der Waals surface area contributed by atoms with Crippen LogP contribution in [0.2, 0.25) is 5.02 Å². The van der Waals surface area contributed by atoms with Crippen LogP contribution in [0.1, 0.15) is 12.5 Å². The van der Waals surface area contributed by atoms with Gasteiger partial charge in [-0.25, -0.2) is 4.79 Å². The van der Waals surface area contributed by atoms with E-state index in [2.05, 4.69) is 4.98 Å². The third kappa shape index (κ3) is 2.24. The van der Waals surface area contributed by atoms with E-state index in [1.165, 1.54) is 6.92 Å². The maximum atomic E-state index is 10.8. The number of halogens is 1. The number of aryl methyl sites for hydroxylation is 1. The molecule has 1 unspecified atom stereocenters. The molecule has 0 aliphatic carbocycles. The molecular formula is C13H12ClNO3. The van der Waals surface area contributed by atoms with Crippen LogP contribution in [0.25, 0.3) is 10.9 Å². The van der Waals surface area contributed by atoms with Crippen molar-refractivity contribution in [1.82, 2.24) is 4.98 Å². The van der Waals surface area contributed by atoms with Crippen molar-refractivity contribution < 1.29 is 14.6 Å². The number of benzene rings is 1. The maximum Gasteiger partial charge on any atom is 0.344 e. The van der Waals surface area contributed by atoms with E-state index in [-0.39, 0.29) is 0 Å². The Labute approximate surface area is 109 Å². The molecule has 18 heavy (non-hydrogen) atoms. The topological polar surface area (TPSA) is 59.4 Å². The Bertz CT molecular complexity index is 604. The Morgan fingerprint density at radius 1 is 1.44 bits per heavy atom. The molecule has 0 aliphatic rings. The van der Waals surface area contributed by atoms with E-state index in [1.807, 2.05) is 13.0 Å². The van der Waals surface area contributed by atoms with Crippen LogP contribution < -0.4 is 4.74 Å².